The first kappa shape index (κ1) is 17.9. The van der Waals surface area contributed by atoms with Gasteiger partial charge in [-0.1, -0.05) is 13.3 Å². The Kier molecular flexibility index (Phi) is 9.29. The molecule has 1 rings (SSSR count). The first-order chi connectivity index (χ1) is 6.33. The number of nitrogens with one attached hydrogen (secondary N) is 1. The molecule has 86 valence electrons. The summed E-state index contributed by atoms with van der Waals surface area (Å²) in [4.78, 5) is 0. The van der Waals surface area contributed by atoms with E-state index >= 15 is 0 Å². The molecule has 0 bridgehead atoms. The topological polar surface area (TPSA) is 12.0 Å². The molecule has 1 heterocycles. The van der Waals surface area contributed by atoms with Crippen LogP contribution in [0.1, 0.15) is 66.7 Å². The molecular formula is C13H28LiN. The third-order valence-electron chi connectivity index (χ3n) is 2.63. The predicted molar refractivity (Wildman–Crippen MR) is 65.4 cm³/mol. The number of rotatable bonds is 1. The summed E-state index contributed by atoms with van der Waals surface area (Å²) in [5.74, 6) is 0. The van der Waals surface area contributed by atoms with E-state index in [1.54, 1.807) is 0 Å². The van der Waals surface area contributed by atoms with E-state index in [2.05, 4.69) is 46.9 Å². The fourth-order valence-corrected chi connectivity index (χ4v) is 2.01. The Hall–Kier alpha value is 0.557. The van der Waals surface area contributed by atoms with Crippen molar-refractivity contribution in [1.82, 2.24) is 5.32 Å². The quantitative estimate of drug-likeness (QED) is 0.496. The van der Waals surface area contributed by atoms with Crippen molar-refractivity contribution in [2.45, 2.75) is 77.8 Å². The number of unbranched alkanes of at least 4 members (excludes halogenated alkanes) is 1. The molecule has 0 unspecified atom stereocenters. The largest absolute Gasteiger partial charge is 1.00 e. The zero-order valence-electron chi connectivity index (χ0n) is 11.7. The normalized spacial score (nSPS) is 22.0. The van der Waals surface area contributed by atoms with Gasteiger partial charge in [0.2, 0.25) is 0 Å². The van der Waals surface area contributed by atoms with Gasteiger partial charge in [-0.3, -0.25) is 0 Å². The van der Waals surface area contributed by atoms with Gasteiger partial charge in [0.1, 0.15) is 0 Å². The van der Waals surface area contributed by atoms with Crippen molar-refractivity contribution in [1.29, 1.82) is 0 Å². The number of hydrogen-bond acceptors (Lipinski definition) is 1. The van der Waals surface area contributed by atoms with Crippen LogP contribution in [0.5, 0.6) is 0 Å². The zero-order valence-corrected chi connectivity index (χ0v) is 11.7. The molecule has 0 saturated carbocycles. The molecule has 0 aromatic heterocycles. The smallest absolute Gasteiger partial charge is 0.343 e. The minimum Gasteiger partial charge on any atom is -0.343 e. The van der Waals surface area contributed by atoms with Gasteiger partial charge in [-0.05, 0) is 47.0 Å². The van der Waals surface area contributed by atoms with Crippen molar-refractivity contribution < 1.29 is 18.9 Å². The first-order valence-electron chi connectivity index (χ1n) is 5.91. The summed E-state index contributed by atoms with van der Waals surface area (Å²) in [5, 5.41) is 3.63. The maximum Gasteiger partial charge on any atom is 1.00 e. The van der Waals surface area contributed by atoms with Gasteiger partial charge >= 0.3 is 18.9 Å². The van der Waals surface area contributed by atoms with Crippen LogP contribution >= 0.6 is 0 Å². The Bertz CT molecular complexity index is 137. The van der Waals surface area contributed by atoms with Crippen LogP contribution in [-0.4, -0.2) is 11.1 Å². The van der Waals surface area contributed by atoms with Gasteiger partial charge in [0.15, 0.2) is 0 Å². The standard InChI is InChI=1S/C9H19N.C4H9.Li/c1-8(2)6-5-7-9(3,4)10-8;1-3-4-2;/h10H,5-7H2,1-4H3;1,3-4H2,2H3;/q;-1;+1. The third-order valence-corrected chi connectivity index (χ3v) is 2.63. The molecule has 0 spiro atoms. The molecule has 1 N–H and O–H groups in total. The Morgan fingerprint density at radius 3 is 1.53 bits per heavy atom. The molecule has 1 aliphatic heterocycles. The summed E-state index contributed by atoms with van der Waals surface area (Å²) in [7, 11) is 0. The van der Waals surface area contributed by atoms with Gasteiger partial charge in [-0.25, -0.2) is 0 Å². The van der Waals surface area contributed by atoms with Crippen molar-refractivity contribution >= 4 is 0 Å². The molecule has 1 fully saturated rings. The SMILES string of the molecule is CC1(C)CCCC(C)(C)N1.[CH2-]CCC.[Li+]. The molecule has 0 amide bonds. The minimum absolute atomic E-state index is 0. The number of hydrogen-bond donors (Lipinski definition) is 1. The van der Waals surface area contributed by atoms with Gasteiger partial charge in [-0.15, -0.1) is 0 Å². The average molecular weight is 205 g/mol. The van der Waals surface area contributed by atoms with Gasteiger partial charge < -0.3 is 12.2 Å². The van der Waals surface area contributed by atoms with E-state index in [-0.39, 0.29) is 18.9 Å². The monoisotopic (exact) mass is 205 g/mol. The molecule has 1 saturated heterocycles. The van der Waals surface area contributed by atoms with Crippen LogP contribution in [0.3, 0.4) is 0 Å². The Balaban J connectivity index is 0. The van der Waals surface area contributed by atoms with E-state index in [4.69, 9.17) is 0 Å². The molecule has 0 radical (unpaired) electrons. The molecular weight excluding hydrogens is 177 g/mol. The maximum atomic E-state index is 3.63. The van der Waals surface area contributed by atoms with Crippen molar-refractivity contribution in [3.8, 4) is 0 Å². The van der Waals surface area contributed by atoms with Crippen molar-refractivity contribution in [3.05, 3.63) is 6.92 Å². The second kappa shape index (κ2) is 7.77. The summed E-state index contributed by atoms with van der Waals surface area (Å²) < 4.78 is 0. The second-order valence-corrected chi connectivity index (χ2v) is 5.60. The van der Waals surface area contributed by atoms with Gasteiger partial charge in [0.25, 0.3) is 0 Å². The summed E-state index contributed by atoms with van der Waals surface area (Å²) >= 11 is 0. The van der Waals surface area contributed by atoms with E-state index in [0.29, 0.717) is 11.1 Å². The van der Waals surface area contributed by atoms with E-state index in [9.17, 15) is 0 Å². The van der Waals surface area contributed by atoms with Crippen LogP contribution in [0.4, 0.5) is 0 Å². The molecule has 1 nitrogen and oxygen atoms in total. The number of piperidine rings is 1. The predicted octanol–water partition coefficient (Wildman–Crippen LogP) is 0.942. The Morgan fingerprint density at radius 1 is 1.07 bits per heavy atom. The van der Waals surface area contributed by atoms with E-state index < -0.39 is 0 Å². The van der Waals surface area contributed by atoms with Crippen LogP contribution in [0.25, 0.3) is 0 Å². The van der Waals surface area contributed by atoms with Crippen LogP contribution in [-0.2, 0) is 0 Å². The van der Waals surface area contributed by atoms with Crippen LogP contribution < -0.4 is 24.2 Å². The second-order valence-electron chi connectivity index (χ2n) is 5.60. The molecule has 0 aromatic carbocycles. The Morgan fingerprint density at radius 2 is 1.40 bits per heavy atom. The van der Waals surface area contributed by atoms with Crippen LogP contribution in [0.15, 0.2) is 0 Å². The van der Waals surface area contributed by atoms with Crippen LogP contribution in [0.2, 0.25) is 0 Å². The Labute approximate surface area is 109 Å². The summed E-state index contributed by atoms with van der Waals surface area (Å²) in [5.41, 5.74) is 0.726. The minimum atomic E-state index is 0. The third kappa shape index (κ3) is 9.48. The van der Waals surface area contributed by atoms with E-state index in [1.165, 1.54) is 25.7 Å². The zero-order chi connectivity index (χ0) is 11.2. The summed E-state index contributed by atoms with van der Waals surface area (Å²) in [6.07, 6.45) is 6.28. The van der Waals surface area contributed by atoms with Crippen LogP contribution in [0, 0.1) is 6.92 Å². The molecule has 1 aliphatic rings. The van der Waals surface area contributed by atoms with Crippen molar-refractivity contribution in [3.63, 3.8) is 0 Å². The average Bonchev–Trinajstić information content (AvgIpc) is 2.00. The van der Waals surface area contributed by atoms with Gasteiger partial charge in [0.05, 0.1) is 0 Å². The first-order valence-corrected chi connectivity index (χ1v) is 5.91. The fraction of sp³-hybridized carbons (Fsp3) is 0.923. The van der Waals surface area contributed by atoms with Gasteiger partial charge in [0, 0.05) is 11.1 Å². The molecule has 0 aromatic rings. The van der Waals surface area contributed by atoms with Crippen molar-refractivity contribution in [2.24, 2.45) is 0 Å². The van der Waals surface area contributed by atoms with E-state index in [1.807, 2.05) is 0 Å². The molecule has 0 aliphatic carbocycles. The molecule has 2 heteroatoms. The fourth-order valence-electron chi connectivity index (χ4n) is 2.01. The summed E-state index contributed by atoms with van der Waals surface area (Å²) in [6.45, 7) is 14.9. The molecule has 0 atom stereocenters. The van der Waals surface area contributed by atoms with Gasteiger partial charge in [-0.2, -0.15) is 6.42 Å². The summed E-state index contributed by atoms with van der Waals surface area (Å²) in [6, 6.07) is 0. The van der Waals surface area contributed by atoms with E-state index in [0.717, 1.165) is 6.42 Å². The maximum absolute atomic E-state index is 3.63. The van der Waals surface area contributed by atoms with Crippen molar-refractivity contribution in [2.75, 3.05) is 0 Å². The molecule has 15 heavy (non-hydrogen) atoms.